The number of ether oxygens (including phenoxy) is 1. The quantitative estimate of drug-likeness (QED) is 0.578. The first kappa shape index (κ1) is 21.1. The summed E-state index contributed by atoms with van der Waals surface area (Å²) in [5, 5.41) is 6.78. The van der Waals surface area contributed by atoms with Gasteiger partial charge >= 0.3 is 0 Å². The lowest BCUT2D eigenvalue weighted by Gasteiger charge is -2.28. The smallest absolute Gasteiger partial charge is 0.225 e. The summed E-state index contributed by atoms with van der Waals surface area (Å²) in [6.45, 7) is 5.12. The zero-order chi connectivity index (χ0) is 21.5. The number of likely N-dealkylation sites (N-methyl/N-ethyl adjacent to an activating group) is 1. The molecule has 2 N–H and O–H groups in total. The van der Waals surface area contributed by atoms with Crippen LogP contribution >= 0.6 is 0 Å². The van der Waals surface area contributed by atoms with Crippen LogP contribution in [-0.2, 0) is 4.74 Å². The predicted molar refractivity (Wildman–Crippen MR) is 127 cm³/mol. The van der Waals surface area contributed by atoms with Crippen molar-refractivity contribution in [1.29, 1.82) is 0 Å². The predicted octanol–water partition coefficient (Wildman–Crippen LogP) is 3.70. The highest BCUT2D eigenvalue weighted by Crippen LogP contribution is 2.25. The highest BCUT2D eigenvalue weighted by molar-refractivity contribution is 5.68. The third-order valence-corrected chi connectivity index (χ3v) is 5.15. The lowest BCUT2D eigenvalue weighted by molar-refractivity contribution is 0.122. The monoisotopic (exact) mass is 418 g/mol. The van der Waals surface area contributed by atoms with E-state index < -0.39 is 0 Å². The van der Waals surface area contributed by atoms with Gasteiger partial charge in [0.25, 0.3) is 0 Å². The van der Waals surface area contributed by atoms with E-state index in [0.717, 1.165) is 62.2 Å². The van der Waals surface area contributed by atoms with E-state index in [1.807, 2.05) is 24.3 Å². The van der Waals surface area contributed by atoms with Gasteiger partial charge in [-0.3, -0.25) is 0 Å². The molecular weight excluding hydrogens is 388 g/mol. The molecule has 1 saturated heterocycles. The lowest BCUT2D eigenvalue weighted by atomic mass is 10.1. The normalized spacial score (nSPS) is 14.0. The lowest BCUT2D eigenvalue weighted by Crippen LogP contribution is -2.36. The maximum Gasteiger partial charge on any atom is 0.225 e. The Balaban J connectivity index is 1.53. The van der Waals surface area contributed by atoms with E-state index >= 15 is 0 Å². The van der Waals surface area contributed by atoms with Crippen LogP contribution in [0.4, 0.5) is 23.1 Å². The first-order valence-corrected chi connectivity index (χ1v) is 10.7. The fraction of sp³-hybridized carbons (Fsp3) is 0.333. The van der Waals surface area contributed by atoms with Crippen molar-refractivity contribution in [2.75, 3.05) is 69.0 Å². The van der Waals surface area contributed by atoms with E-state index in [-0.39, 0.29) is 0 Å². The molecule has 4 rings (SSSR count). The Morgan fingerprint density at radius 1 is 0.968 bits per heavy atom. The van der Waals surface area contributed by atoms with Crippen LogP contribution in [0.5, 0.6) is 0 Å². The minimum Gasteiger partial charge on any atom is -0.378 e. The van der Waals surface area contributed by atoms with Crippen LogP contribution in [0, 0.1) is 0 Å². The summed E-state index contributed by atoms with van der Waals surface area (Å²) in [4.78, 5) is 13.9. The van der Waals surface area contributed by atoms with Crippen molar-refractivity contribution < 1.29 is 4.74 Å². The molecular formula is C24H30N6O. The summed E-state index contributed by atoms with van der Waals surface area (Å²) in [7, 11) is 4.10. The second kappa shape index (κ2) is 10.2. The Kier molecular flexibility index (Phi) is 6.96. The molecule has 3 aromatic rings. The molecule has 0 bridgehead atoms. The molecule has 0 aliphatic carbocycles. The number of morpholine rings is 1. The van der Waals surface area contributed by atoms with Crippen molar-refractivity contribution >= 4 is 23.1 Å². The minimum absolute atomic E-state index is 0.621. The van der Waals surface area contributed by atoms with Crippen molar-refractivity contribution in [2.24, 2.45) is 0 Å². The zero-order valence-electron chi connectivity index (χ0n) is 18.2. The van der Waals surface area contributed by atoms with Gasteiger partial charge in [0.05, 0.1) is 18.9 Å². The fourth-order valence-electron chi connectivity index (χ4n) is 3.46. The molecule has 0 atom stereocenters. The summed E-state index contributed by atoms with van der Waals surface area (Å²) in [5.74, 6) is 1.39. The van der Waals surface area contributed by atoms with Gasteiger partial charge in [0, 0.05) is 49.2 Å². The van der Waals surface area contributed by atoms with Crippen LogP contribution in [0.25, 0.3) is 11.3 Å². The Morgan fingerprint density at radius 2 is 1.71 bits per heavy atom. The van der Waals surface area contributed by atoms with E-state index in [9.17, 15) is 0 Å². The highest BCUT2D eigenvalue weighted by atomic mass is 16.5. The van der Waals surface area contributed by atoms with Gasteiger partial charge in [0.2, 0.25) is 5.95 Å². The van der Waals surface area contributed by atoms with Gasteiger partial charge in [0.15, 0.2) is 0 Å². The van der Waals surface area contributed by atoms with E-state index in [4.69, 9.17) is 9.72 Å². The Morgan fingerprint density at radius 3 is 2.42 bits per heavy atom. The number of nitrogens with zero attached hydrogens (tertiary/aromatic N) is 4. The molecule has 31 heavy (non-hydrogen) atoms. The molecule has 7 nitrogen and oxygen atoms in total. The van der Waals surface area contributed by atoms with Gasteiger partial charge in [0.1, 0.15) is 5.82 Å². The summed E-state index contributed by atoms with van der Waals surface area (Å²) in [6.07, 6.45) is 0. The second-order valence-electron chi connectivity index (χ2n) is 7.83. The number of aromatic nitrogens is 2. The largest absolute Gasteiger partial charge is 0.378 e. The molecule has 1 fully saturated rings. The van der Waals surface area contributed by atoms with Crippen molar-refractivity contribution in [2.45, 2.75) is 0 Å². The summed E-state index contributed by atoms with van der Waals surface area (Å²) < 4.78 is 5.45. The third kappa shape index (κ3) is 5.93. The number of rotatable bonds is 8. The molecule has 0 amide bonds. The first-order chi connectivity index (χ1) is 15.2. The molecule has 2 aromatic carbocycles. The number of nitrogens with one attached hydrogen (secondary N) is 2. The summed E-state index contributed by atoms with van der Waals surface area (Å²) in [6, 6.07) is 20.6. The maximum absolute atomic E-state index is 5.45. The number of anilines is 4. The van der Waals surface area contributed by atoms with Crippen molar-refractivity contribution in [3.05, 3.63) is 60.7 Å². The molecule has 1 aliphatic heterocycles. The molecule has 0 radical (unpaired) electrons. The van der Waals surface area contributed by atoms with Gasteiger partial charge in [-0.25, -0.2) is 4.98 Å². The topological polar surface area (TPSA) is 65.5 Å². The minimum atomic E-state index is 0.621. The van der Waals surface area contributed by atoms with Crippen LogP contribution in [0.15, 0.2) is 60.7 Å². The first-order valence-electron chi connectivity index (χ1n) is 10.7. The maximum atomic E-state index is 5.45. The Labute approximate surface area is 184 Å². The van der Waals surface area contributed by atoms with E-state index in [2.05, 4.69) is 75.9 Å². The standard InChI is InChI=1S/C24H30N6O/c1-29(2)13-12-25-24-27-22(19-6-4-3-5-7-19)18-23(28-24)26-20-8-10-21(11-9-20)30-14-16-31-17-15-30/h3-11,18H,12-17H2,1-2H3,(H2,25,26,27,28). The molecule has 2 heterocycles. The van der Waals surface area contributed by atoms with Gasteiger partial charge in [-0.2, -0.15) is 4.98 Å². The molecule has 7 heteroatoms. The van der Waals surface area contributed by atoms with Crippen LogP contribution in [-0.4, -0.2) is 68.4 Å². The average Bonchev–Trinajstić information content (AvgIpc) is 2.80. The van der Waals surface area contributed by atoms with E-state index in [0.29, 0.717) is 5.95 Å². The fourth-order valence-corrected chi connectivity index (χ4v) is 3.46. The third-order valence-electron chi connectivity index (χ3n) is 5.15. The molecule has 162 valence electrons. The molecule has 1 aliphatic rings. The van der Waals surface area contributed by atoms with Crippen LogP contribution in [0.2, 0.25) is 0 Å². The van der Waals surface area contributed by atoms with E-state index in [1.54, 1.807) is 0 Å². The van der Waals surface area contributed by atoms with E-state index in [1.165, 1.54) is 5.69 Å². The molecule has 0 spiro atoms. The van der Waals surface area contributed by atoms with Gasteiger partial charge in [-0.15, -0.1) is 0 Å². The van der Waals surface area contributed by atoms with Gasteiger partial charge in [-0.05, 0) is 38.4 Å². The van der Waals surface area contributed by atoms with Crippen LogP contribution in [0.1, 0.15) is 0 Å². The molecule has 1 aromatic heterocycles. The zero-order valence-corrected chi connectivity index (χ0v) is 18.2. The van der Waals surface area contributed by atoms with Crippen LogP contribution in [0.3, 0.4) is 0 Å². The summed E-state index contributed by atoms with van der Waals surface area (Å²) in [5.41, 5.74) is 4.16. The average molecular weight is 419 g/mol. The number of benzene rings is 2. The highest BCUT2D eigenvalue weighted by Gasteiger charge is 2.11. The van der Waals surface area contributed by atoms with Crippen LogP contribution < -0.4 is 15.5 Å². The molecule has 0 saturated carbocycles. The van der Waals surface area contributed by atoms with Gasteiger partial charge < -0.3 is 25.2 Å². The Bertz CT molecular complexity index is 956. The summed E-state index contributed by atoms with van der Waals surface area (Å²) >= 11 is 0. The van der Waals surface area contributed by atoms with Gasteiger partial charge in [-0.1, -0.05) is 30.3 Å². The van der Waals surface area contributed by atoms with Crippen molar-refractivity contribution in [3.8, 4) is 11.3 Å². The second-order valence-corrected chi connectivity index (χ2v) is 7.83. The number of hydrogen-bond acceptors (Lipinski definition) is 7. The van der Waals surface area contributed by atoms with Crippen molar-refractivity contribution in [1.82, 2.24) is 14.9 Å². The Hall–Kier alpha value is -3.16. The SMILES string of the molecule is CN(C)CCNc1nc(Nc2ccc(N3CCOCC3)cc2)cc(-c2ccccc2)n1. The van der Waals surface area contributed by atoms with Crippen molar-refractivity contribution in [3.63, 3.8) is 0 Å². The molecule has 0 unspecified atom stereocenters. The number of hydrogen-bond donors (Lipinski definition) is 2.